The molecule has 0 aliphatic carbocycles. The Bertz CT molecular complexity index is 685. The Morgan fingerprint density at radius 3 is 2.68 bits per heavy atom. The number of hydrogen-bond donors (Lipinski definition) is 1. The Hall–Kier alpha value is -1.87. The molecule has 0 radical (unpaired) electrons. The fourth-order valence-electron chi connectivity index (χ4n) is 2.15. The Balaban J connectivity index is 1.88. The maximum absolute atomic E-state index is 4.46. The minimum absolute atomic E-state index is 0.249. The molecule has 2 aromatic heterocycles. The first-order valence-electron chi connectivity index (χ1n) is 6.39. The van der Waals surface area contributed by atoms with E-state index >= 15 is 0 Å². The number of thiophene rings is 1. The second-order valence-corrected chi connectivity index (χ2v) is 5.72. The molecule has 0 saturated carbocycles. The number of benzene rings is 1. The molecule has 2 heterocycles. The number of hydrogen-bond acceptors (Lipinski definition) is 3. The Morgan fingerprint density at radius 1 is 1.11 bits per heavy atom. The van der Waals surface area contributed by atoms with Crippen LogP contribution in [0.4, 0.5) is 5.82 Å². The van der Waals surface area contributed by atoms with Crippen LogP contribution < -0.4 is 5.32 Å². The molecule has 1 N–H and O–H groups in total. The standard InChI is InChI=1S/C16H16N2S/c1-11-3-5-13(6-4-11)12(2)18-16-14-8-10-19-15(14)7-9-17-16/h3-10,12H,1-2H3,(H,17,18). The molecule has 96 valence electrons. The van der Waals surface area contributed by atoms with Gasteiger partial charge < -0.3 is 5.32 Å². The van der Waals surface area contributed by atoms with Crippen LogP contribution in [0.5, 0.6) is 0 Å². The predicted octanol–water partition coefficient (Wildman–Crippen LogP) is 4.78. The monoisotopic (exact) mass is 268 g/mol. The fourth-order valence-corrected chi connectivity index (χ4v) is 2.94. The predicted molar refractivity (Wildman–Crippen MR) is 82.8 cm³/mol. The molecule has 0 spiro atoms. The van der Waals surface area contributed by atoms with Crippen molar-refractivity contribution in [3.05, 3.63) is 59.1 Å². The van der Waals surface area contributed by atoms with E-state index in [1.165, 1.54) is 21.2 Å². The Morgan fingerprint density at radius 2 is 1.89 bits per heavy atom. The molecule has 3 heteroatoms. The first-order chi connectivity index (χ1) is 9.24. The molecule has 1 unspecified atom stereocenters. The summed E-state index contributed by atoms with van der Waals surface area (Å²) in [6.45, 7) is 4.27. The number of rotatable bonds is 3. The maximum Gasteiger partial charge on any atom is 0.135 e. The summed E-state index contributed by atoms with van der Waals surface area (Å²) in [4.78, 5) is 4.46. The highest BCUT2D eigenvalue weighted by Crippen LogP contribution is 2.28. The summed E-state index contributed by atoms with van der Waals surface area (Å²) in [6.07, 6.45) is 1.86. The van der Waals surface area contributed by atoms with Crippen LogP contribution in [0.2, 0.25) is 0 Å². The largest absolute Gasteiger partial charge is 0.363 e. The van der Waals surface area contributed by atoms with Crippen molar-refractivity contribution in [2.45, 2.75) is 19.9 Å². The van der Waals surface area contributed by atoms with Crippen molar-refractivity contribution in [2.75, 3.05) is 5.32 Å². The second-order valence-electron chi connectivity index (χ2n) is 4.77. The number of nitrogens with one attached hydrogen (secondary N) is 1. The number of nitrogens with zero attached hydrogens (tertiary/aromatic N) is 1. The third-order valence-electron chi connectivity index (χ3n) is 3.31. The van der Waals surface area contributed by atoms with Gasteiger partial charge in [0.05, 0.1) is 0 Å². The van der Waals surface area contributed by atoms with E-state index in [-0.39, 0.29) is 6.04 Å². The van der Waals surface area contributed by atoms with Crippen LogP contribution in [0.15, 0.2) is 48.0 Å². The Labute approximate surface area is 117 Å². The van der Waals surface area contributed by atoms with Crippen molar-refractivity contribution in [3.63, 3.8) is 0 Å². The molecule has 0 amide bonds. The molecule has 1 atom stereocenters. The first kappa shape index (κ1) is 12.2. The molecule has 0 bridgehead atoms. The van der Waals surface area contributed by atoms with Gasteiger partial charge in [-0.2, -0.15) is 0 Å². The number of fused-ring (bicyclic) bond motifs is 1. The quantitative estimate of drug-likeness (QED) is 0.739. The van der Waals surface area contributed by atoms with Gasteiger partial charge in [0.25, 0.3) is 0 Å². The van der Waals surface area contributed by atoms with Gasteiger partial charge in [-0.3, -0.25) is 0 Å². The van der Waals surface area contributed by atoms with Crippen molar-refractivity contribution in [3.8, 4) is 0 Å². The van der Waals surface area contributed by atoms with E-state index in [1.54, 1.807) is 11.3 Å². The molecule has 3 rings (SSSR count). The van der Waals surface area contributed by atoms with Crippen LogP contribution in [0.25, 0.3) is 10.1 Å². The zero-order valence-electron chi connectivity index (χ0n) is 11.1. The van der Waals surface area contributed by atoms with Crippen LogP contribution in [-0.4, -0.2) is 4.98 Å². The lowest BCUT2D eigenvalue weighted by Gasteiger charge is -2.15. The van der Waals surface area contributed by atoms with Crippen LogP contribution in [-0.2, 0) is 0 Å². The third kappa shape index (κ3) is 2.47. The summed E-state index contributed by atoms with van der Waals surface area (Å²) in [5, 5.41) is 6.81. The van der Waals surface area contributed by atoms with Gasteiger partial charge in [-0.1, -0.05) is 29.8 Å². The van der Waals surface area contributed by atoms with E-state index in [0.717, 1.165) is 5.82 Å². The highest BCUT2D eigenvalue weighted by atomic mass is 32.1. The van der Waals surface area contributed by atoms with Crippen LogP contribution in [0.3, 0.4) is 0 Å². The van der Waals surface area contributed by atoms with E-state index in [9.17, 15) is 0 Å². The van der Waals surface area contributed by atoms with Crippen molar-refractivity contribution < 1.29 is 0 Å². The lowest BCUT2D eigenvalue weighted by molar-refractivity contribution is 0.877. The van der Waals surface area contributed by atoms with E-state index in [0.29, 0.717) is 0 Å². The summed E-state index contributed by atoms with van der Waals surface area (Å²) < 4.78 is 1.27. The summed E-state index contributed by atoms with van der Waals surface area (Å²) in [5.74, 6) is 0.965. The molecule has 0 saturated heterocycles. The summed E-state index contributed by atoms with van der Waals surface area (Å²) in [7, 11) is 0. The van der Waals surface area contributed by atoms with E-state index < -0.39 is 0 Å². The first-order valence-corrected chi connectivity index (χ1v) is 7.27. The van der Waals surface area contributed by atoms with Gasteiger partial charge in [-0.25, -0.2) is 4.98 Å². The van der Waals surface area contributed by atoms with E-state index in [2.05, 4.69) is 65.9 Å². The van der Waals surface area contributed by atoms with Crippen molar-refractivity contribution in [1.82, 2.24) is 4.98 Å². The van der Waals surface area contributed by atoms with Gasteiger partial charge in [0.2, 0.25) is 0 Å². The molecule has 0 fully saturated rings. The number of aromatic nitrogens is 1. The van der Waals surface area contributed by atoms with Gasteiger partial charge in [0.1, 0.15) is 5.82 Å². The van der Waals surface area contributed by atoms with Gasteiger partial charge in [-0.15, -0.1) is 11.3 Å². The molecule has 2 nitrogen and oxygen atoms in total. The number of aryl methyl sites for hydroxylation is 1. The SMILES string of the molecule is Cc1ccc(C(C)Nc2nccc3sccc23)cc1. The zero-order chi connectivity index (χ0) is 13.2. The smallest absolute Gasteiger partial charge is 0.135 e. The minimum atomic E-state index is 0.249. The van der Waals surface area contributed by atoms with Crippen molar-refractivity contribution >= 4 is 27.2 Å². The normalized spacial score (nSPS) is 12.5. The van der Waals surface area contributed by atoms with Gasteiger partial charge in [0, 0.05) is 22.3 Å². The van der Waals surface area contributed by atoms with Crippen LogP contribution in [0, 0.1) is 6.92 Å². The van der Waals surface area contributed by atoms with E-state index in [1.807, 2.05) is 6.20 Å². The zero-order valence-corrected chi connectivity index (χ0v) is 11.9. The van der Waals surface area contributed by atoms with Crippen molar-refractivity contribution in [1.29, 1.82) is 0 Å². The summed E-state index contributed by atoms with van der Waals surface area (Å²) in [5.41, 5.74) is 2.56. The van der Waals surface area contributed by atoms with Gasteiger partial charge in [-0.05, 0) is 36.9 Å². The number of anilines is 1. The summed E-state index contributed by atoms with van der Waals surface area (Å²) >= 11 is 1.75. The molecule has 0 aliphatic rings. The summed E-state index contributed by atoms with van der Waals surface area (Å²) in [6, 6.07) is 13.1. The molecular formula is C16H16N2S. The van der Waals surface area contributed by atoms with Crippen LogP contribution >= 0.6 is 11.3 Å². The fraction of sp³-hybridized carbons (Fsp3) is 0.188. The van der Waals surface area contributed by atoms with Gasteiger partial charge in [0.15, 0.2) is 0 Å². The van der Waals surface area contributed by atoms with Crippen molar-refractivity contribution in [2.24, 2.45) is 0 Å². The lowest BCUT2D eigenvalue weighted by atomic mass is 10.1. The molecule has 0 aliphatic heterocycles. The average molecular weight is 268 g/mol. The number of pyridine rings is 1. The Kier molecular flexibility index (Phi) is 3.22. The topological polar surface area (TPSA) is 24.9 Å². The highest BCUT2D eigenvalue weighted by molar-refractivity contribution is 7.17. The molecule has 3 aromatic rings. The average Bonchev–Trinajstić information content (AvgIpc) is 2.89. The minimum Gasteiger partial charge on any atom is -0.363 e. The van der Waals surface area contributed by atoms with Crippen LogP contribution in [0.1, 0.15) is 24.1 Å². The second kappa shape index (κ2) is 5.02. The highest BCUT2D eigenvalue weighted by Gasteiger charge is 2.08. The maximum atomic E-state index is 4.46. The molecule has 19 heavy (non-hydrogen) atoms. The van der Waals surface area contributed by atoms with E-state index in [4.69, 9.17) is 0 Å². The molecular weight excluding hydrogens is 252 g/mol. The van der Waals surface area contributed by atoms with Gasteiger partial charge >= 0.3 is 0 Å². The lowest BCUT2D eigenvalue weighted by Crippen LogP contribution is -2.07. The molecule has 1 aromatic carbocycles. The third-order valence-corrected chi connectivity index (χ3v) is 4.19.